The largest absolute Gasteiger partial charge is 0.341 e. The predicted octanol–water partition coefficient (Wildman–Crippen LogP) is -0.381. The molecule has 4 nitrogen and oxygen atoms in total. The minimum Gasteiger partial charge on any atom is -0.341 e. The summed E-state index contributed by atoms with van der Waals surface area (Å²) in [5.41, 5.74) is 0. The number of nitrogens with zero attached hydrogens (tertiary/aromatic N) is 1. The number of urea groups is 1. The molecule has 1 unspecified atom stereocenters. The molecule has 0 saturated carbocycles. The number of nitrogens with one attached hydrogen (secondary N) is 2. The van der Waals surface area contributed by atoms with Crippen molar-refractivity contribution in [3.05, 3.63) is 0 Å². The van der Waals surface area contributed by atoms with Gasteiger partial charge in [-0.2, -0.15) is 0 Å². The van der Waals surface area contributed by atoms with Crippen molar-refractivity contribution >= 4 is 6.03 Å². The van der Waals surface area contributed by atoms with E-state index in [1.54, 1.807) is 19.0 Å². The highest BCUT2D eigenvalue weighted by molar-refractivity contribution is 5.73. The SMILES string of the molecule is CNC(=O)N(C)CC1CCN1. The van der Waals surface area contributed by atoms with Gasteiger partial charge >= 0.3 is 6.03 Å². The summed E-state index contributed by atoms with van der Waals surface area (Å²) in [5.74, 6) is 0. The summed E-state index contributed by atoms with van der Waals surface area (Å²) in [4.78, 5) is 12.7. The van der Waals surface area contributed by atoms with Crippen molar-refractivity contribution in [1.82, 2.24) is 15.5 Å². The van der Waals surface area contributed by atoms with Crippen LogP contribution in [-0.4, -0.2) is 44.2 Å². The van der Waals surface area contributed by atoms with E-state index in [4.69, 9.17) is 0 Å². The van der Waals surface area contributed by atoms with Crippen LogP contribution in [0.5, 0.6) is 0 Å². The summed E-state index contributed by atoms with van der Waals surface area (Å²) in [6.45, 7) is 1.89. The summed E-state index contributed by atoms with van der Waals surface area (Å²) in [7, 11) is 3.45. The summed E-state index contributed by atoms with van der Waals surface area (Å²) in [5, 5.41) is 5.81. The van der Waals surface area contributed by atoms with E-state index in [9.17, 15) is 4.79 Å². The summed E-state index contributed by atoms with van der Waals surface area (Å²) >= 11 is 0. The highest BCUT2D eigenvalue weighted by Crippen LogP contribution is 2.02. The standard InChI is InChI=1S/C7H15N3O/c1-8-7(11)10(2)5-6-3-4-9-6/h6,9H,3-5H2,1-2H3,(H,8,11). The average Bonchev–Trinajstić information content (AvgIpc) is 1.94. The van der Waals surface area contributed by atoms with Gasteiger partial charge in [0.2, 0.25) is 0 Å². The molecule has 0 radical (unpaired) electrons. The molecule has 4 heteroatoms. The molecular weight excluding hydrogens is 142 g/mol. The van der Waals surface area contributed by atoms with Crippen molar-refractivity contribution in [2.24, 2.45) is 0 Å². The van der Waals surface area contributed by atoms with Crippen LogP contribution in [0.4, 0.5) is 4.79 Å². The van der Waals surface area contributed by atoms with E-state index in [0.717, 1.165) is 13.1 Å². The normalized spacial score (nSPS) is 22.2. The Labute approximate surface area is 66.9 Å². The Kier molecular flexibility index (Phi) is 2.70. The van der Waals surface area contributed by atoms with Gasteiger partial charge in [-0.1, -0.05) is 0 Å². The molecule has 1 fully saturated rings. The van der Waals surface area contributed by atoms with Gasteiger partial charge in [-0.05, 0) is 13.0 Å². The first-order chi connectivity index (χ1) is 5.24. The van der Waals surface area contributed by atoms with E-state index < -0.39 is 0 Å². The lowest BCUT2D eigenvalue weighted by molar-refractivity contribution is 0.197. The second-order valence-corrected chi connectivity index (χ2v) is 2.88. The van der Waals surface area contributed by atoms with E-state index in [0.29, 0.717) is 6.04 Å². The third kappa shape index (κ3) is 2.08. The topological polar surface area (TPSA) is 44.4 Å². The van der Waals surface area contributed by atoms with Crippen LogP contribution in [0.25, 0.3) is 0 Å². The predicted molar refractivity (Wildman–Crippen MR) is 43.5 cm³/mol. The van der Waals surface area contributed by atoms with E-state index in [-0.39, 0.29) is 6.03 Å². The highest BCUT2D eigenvalue weighted by Gasteiger charge is 2.19. The summed E-state index contributed by atoms with van der Waals surface area (Å²) in [6, 6.07) is 0.496. The van der Waals surface area contributed by atoms with E-state index >= 15 is 0 Å². The van der Waals surface area contributed by atoms with Crippen LogP contribution in [0.3, 0.4) is 0 Å². The zero-order valence-corrected chi connectivity index (χ0v) is 7.05. The van der Waals surface area contributed by atoms with Crippen LogP contribution >= 0.6 is 0 Å². The fourth-order valence-electron chi connectivity index (χ4n) is 1.11. The zero-order chi connectivity index (χ0) is 8.27. The van der Waals surface area contributed by atoms with Crippen molar-refractivity contribution in [3.63, 3.8) is 0 Å². The molecule has 1 aliphatic rings. The molecular formula is C7H15N3O. The minimum absolute atomic E-state index is 0.0151. The number of likely N-dealkylation sites (N-methyl/N-ethyl adjacent to an activating group) is 1. The van der Waals surface area contributed by atoms with Gasteiger partial charge in [0.05, 0.1) is 0 Å². The zero-order valence-electron chi connectivity index (χ0n) is 7.05. The molecule has 1 aliphatic heterocycles. The van der Waals surface area contributed by atoms with Crippen molar-refractivity contribution in [2.45, 2.75) is 12.5 Å². The van der Waals surface area contributed by atoms with E-state index in [1.165, 1.54) is 6.42 Å². The number of hydrogen-bond donors (Lipinski definition) is 2. The molecule has 1 heterocycles. The molecule has 2 amide bonds. The first kappa shape index (κ1) is 8.33. The van der Waals surface area contributed by atoms with Gasteiger partial charge in [-0.15, -0.1) is 0 Å². The van der Waals surface area contributed by atoms with Gasteiger partial charge in [-0.25, -0.2) is 4.79 Å². The maximum Gasteiger partial charge on any atom is 0.316 e. The first-order valence-electron chi connectivity index (χ1n) is 3.90. The van der Waals surface area contributed by atoms with Crippen LogP contribution < -0.4 is 10.6 Å². The number of carbonyl (C=O) groups is 1. The Morgan fingerprint density at radius 2 is 2.45 bits per heavy atom. The van der Waals surface area contributed by atoms with Crippen LogP contribution in [0.2, 0.25) is 0 Å². The number of amides is 2. The maximum absolute atomic E-state index is 11.0. The summed E-state index contributed by atoms with van der Waals surface area (Å²) in [6.07, 6.45) is 1.18. The van der Waals surface area contributed by atoms with Gasteiger partial charge < -0.3 is 15.5 Å². The molecule has 0 aliphatic carbocycles. The first-order valence-corrected chi connectivity index (χ1v) is 3.90. The van der Waals surface area contributed by atoms with Crippen LogP contribution in [0.15, 0.2) is 0 Å². The average molecular weight is 157 g/mol. The van der Waals surface area contributed by atoms with E-state index in [2.05, 4.69) is 10.6 Å². The number of rotatable bonds is 2. The fourth-order valence-corrected chi connectivity index (χ4v) is 1.11. The van der Waals surface area contributed by atoms with Crippen LogP contribution in [0.1, 0.15) is 6.42 Å². The van der Waals surface area contributed by atoms with Gasteiger partial charge in [-0.3, -0.25) is 0 Å². The number of carbonyl (C=O) groups excluding carboxylic acids is 1. The fraction of sp³-hybridized carbons (Fsp3) is 0.857. The highest BCUT2D eigenvalue weighted by atomic mass is 16.2. The Hall–Kier alpha value is -0.770. The number of hydrogen-bond acceptors (Lipinski definition) is 2. The Balaban J connectivity index is 2.18. The lowest BCUT2D eigenvalue weighted by atomic mass is 10.1. The molecule has 1 saturated heterocycles. The van der Waals surface area contributed by atoms with Crippen LogP contribution in [-0.2, 0) is 0 Å². The van der Waals surface area contributed by atoms with Crippen molar-refractivity contribution in [2.75, 3.05) is 27.2 Å². The lowest BCUT2D eigenvalue weighted by Crippen LogP contribution is -2.51. The molecule has 0 bridgehead atoms. The lowest BCUT2D eigenvalue weighted by Gasteiger charge is -2.31. The van der Waals surface area contributed by atoms with Crippen molar-refractivity contribution in [1.29, 1.82) is 0 Å². The van der Waals surface area contributed by atoms with Gasteiger partial charge in [0.1, 0.15) is 0 Å². The Bertz CT molecular complexity index is 145. The molecule has 1 rings (SSSR count). The Morgan fingerprint density at radius 3 is 2.82 bits per heavy atom. The molecule has 0 aromatic rings. The summed E-state index contributed by atoms with van der Waals surface area (Å²) < 4.78 is 0. The maximum atomic E-state index is 11.0. The molecule has 64 valence electrons. The van der Waals surface area contributed by atoms with Gasteiger partial charge in [0, 0.05) is 26.7 Å². The minimum atomic E-state index is -0.0151. The molecule has 0 aromatic heterocycles. The molecule has 0 spiro atoms. The monoisotopic (exact) mass is 157 g/mol. The van der Waals surface area contributed by atoms with Crippen molar-refractivity contribution < 1.29 is 4.79 Å². The van der Waals surface area contributed by atoms with Gasteiger partial charge in [0.15, 0.2) is 0 Å². The quantitative estimate of drug-likeness (QED) is 0.574. The molecule has 0 aromatic carbocycles. The Morgan fingerprint density at radius 1 is 1.82 bits per heavy atom. The second-order valence-electron chi connectivity index (χ2n) is 2.88. The second kappa shape index (κ2) is 3.57. The smallest absolute Gasteiger partial charge is 0.316 e. The van der Waals surface area contributed by atoms with E-state index in [1.807, 2.05) is 0 Å². The molecule has 2 N–H and O–H groups in total. The third-order valence-electron chi connectivity index (χ3n) is 1.98. The van der Waals surface area contributed by atoms with Crippen molar-refractivity contribution in [3.8, 4) is 0 Å². The van der Waals surface area contributed by atoms with Crippen LogP contribution in [0, 0.1) is 0 Å². The molecule has 1 atom stereocenters. The third-order valence-corrected chi connectivity index (χ3v) is 1.98. The van der Waals surface area contributed by atoms with Gasteiger partial charge in [0.25, 0.3) is 0 Å². The molecule has 11 heavy (non-hydrogen) atoms.